The second-order valence-electron chi connectivity index (χ2n) is 5.37. The maximum atomic E-state index is 11.3. The summed E-state index contributed by atoms with van der Waals surface area (Å²) in [6.45, 7) is 5.01. The van der Waals surface area contributed by atoms with Gasteiger partial charge < -0.3 is 9.63 Å². The summed E-state index contributed by atoms with van der Waals surface area (Å²) in [5, 5.41) is 13.5. The van der Waals surface area contributed by atoms with Crippen molar-refractivity contribution in [2.24, 2.45) is 0 Å². The van der Waals surface area contributed by atoms with Gasteiger partial charge in [-0.3, -0.25) is 4.57 Å². The molecule has 1 aromatic carbocycles. The van der Waals surface area contributed by atoms with Crippen LogP contribution >= 0.6 is 7.60 Å². The van der Waals surface area contributed by atoms with Crippen LogP contribution < -0.4 is 10.2 Å². The fourth-order valence-corrected chi connectivity index (χ4v) is 2.20. The third kappa shape index (κ3) is 6.07. The van der Waals surface area contributed by atoms with E-state index in [1.54, 1.807) is 0 Å². The molecule has 0 fully saturated rings. The van der Waals surface area contributed by atoms with Crippen LogP contribution in [0.4, 0.5) is 0 Å². The first-order valence-electron chi connectivity index (χ1n) is 7.07. The molecular formula is C13H20N5O4P. The molecule has 0 aliphatic heterocycles. The van der Waals surface area contributed by atoms with Crippen molar-refractivity contribution in [2.45, 2.75) is 32.4 Å². The predicted octanol–water partition coefficient (Wildman–Crippen LogP) is 1.61. The Kier molecular flexibility index (Phi) is 5.84. The zero-order valence-corrected chi connectivity index (χ0v) is 14.0. The summed E-state index contributed by atoms with van der Waals surface area (Å²) in [4.78, 5) is 9.24. The zero-order chi connectivity index (χ0) is 16.9. The minimum atomic E-state index is -3.66. The van der Waals surface area contributed by atoms with Crippen LogP contribution in [0, 0.1) is 0 Å². The lowest BCUT2D eigenvalue weighted by Gasteiger charge is -2.17. The number of ether oxygens (including phenoxy) is 1. The van der Waals surface area contributed by atoms with E-state index in [-0.39, 0.29) is 6.10 Å². The highest BCUT2D eigenvalue weighted by molar-refractivity contribution is 7.51. The van der Waals surface area contributed by atoms with Gasteiger partial charge in [0, 0.05) is 6.66 Å². The average Bonchev–Trinajstić information content (AvgIpc) is 2.97. The number of tetrazole rings is 1. The lowest BCUT2D eigenvalue weighted by Crippen LogP contribution is -2.24. The van der Waals surface area contributed by atoms with Crippen LogP contribution in [0.15, 0.2) is 24.3 Å². The van der Waals surface area contributed by atoms with E-state index >= 15 is 0 Å². The molecule has 0 aliphatic carbocycles. The highest BCUT2D eigenvalue weighted by Crippen LogP contribution is 2.36. The summed E-state index contributed by atoms with van der Waals surface area (Å²) < 4.78 is 21.7. The highest BCUT2D eigenvalue weighted by atomic mass is 31.2. The highest BCUT2D eigenvalue weighted by Gasteiger charge is 2.20. The van der Waals surface area contributed by atoms with Gasteiger partial charge in [0.05, 0.1) is 12.1 Å². The van der Waals surface area contributed by atoms with Gasteiger partial charge in [0.2, 0.25) is 0 Å². The van der Waals surface area contributed by atoms with Crippen LogP contribution in [-0.4, -0.2) is 38.3 Å². The maximum absolute atomic E-state index is 11.3. The molecule has 23 heavy (non-hydrogen) atoms. The molecule has 0 aliphatic rings. The molecule has 1 aromatic heterocycles. The molecule has 3 N–H and O–H groups in total. The van der Waals surface area contributed by atoms with E-state index in [4.69, 9.17) is 9.36 Å². The van der Waals surface area contributed by atoms with Crippen LogP contribution in [0.3, 0.4) is 0 Å². The van der Waals surface area contributed by atoms with Crippen LogP contribution in [0.5, 0.6) is 5.75 Å². The fourth-order valence-electron chi connectivity index (χ4n) is 1.88. The first-order valence-corrected chi connectivity index (χ1v) is 9.09. The van der Waals surface area contributed by atoms with Crippen molar-refractivity contribution in [3.63, 3.8) is 0 Å². The molecule has 1 heterocycles. The molecule has 2 atom stereocenters. The molecule has 0 saturated heterocycles. The minimum Gasteiger partial charge on any atom is -0.491 e. The fraction of sp³-hybridized carbons (Fsp3) is 0.462. The second kappa shape index (κ2) is 7.65. The van der Waals surface area contributed by atoms with Crippen molar-refractivity contribution in [1.29, 1.82) is 0 Å². The molecule has 0 radical (unpaired) electrons. The van der Waals surface area contributed by atoms with E-state index in [2.05, 4.69) is 26.1 Å². The van der Waals surface area contributed by atoms with Crippen LogP contribution in [-0.2, 0) is 15.6 Å². The van der Waals surface area contributed by atoms with Gasteiger partial charge >= 0.3 is 7.60 Å². The number of hydrogen-bond donors (Lipinski definition) is 3. The van der Waals surface area contributed by atoms with Crippen molar-refractivity contribution >= 4 is 7.60 Å². The van der Waals surface area contributed by atoms with Crippen LogP contribution in [0.1, 0.15) is 31.3 Å². The van der Waals surface area contributed by atoms with Gasteiger partial charge in [0.25, 0.3) is 0 Å². The van der Waals surface area contributed by atoms with Crippen molar-refractivity contribution in [3.05, 3.63) is 35.7 Å². The Hall–Kier alpha value is -1.80. The Morgan fingerprint density at radius 1 is 1.35 bits per heavy atom. The Morgan fingerprint density at radius 2 is 2.04 bits per heavy atom. The number of benzene rings is 1. The monoisotopic (exact) mass is 341 g/mol. The molecule has 9 nitrogen and oxygen atoms in total. The number of aromatic amines is 1. The third-order valence-corrected chi connectivity index (χ3v) is 3.24. The second-order valence-corrected chi connectivity index (χ2v) is 7.15. The molecule has 0 saturated carbocycles. The Labute approximate surface area is 133 Å². The van der Waals surface area contributed by atoms with Gasteiger partial charge in [0.15, 0.2) is 5.82 Å². The van der Waals surface area contributed by atoms with Crippen LogP contribution in [0.25, 0.3) is 0 Å². The number of aromatic nitrogens is 4. The molecule has 126 valence electrons. The predicted molar refractivity (Wildman–Crippen MR) is 82.8 cm³/mol. The van der Waals surface area contributed by atoms with Crippen molar-refractivity contribution < 1.29 is 18.8 Å². The molecule has 10 heteroatoms. The van der Waals surface area contributed by atoms with Gasteiger partial charge in [-0.2, -0.15) is 5.48 Å². The van der Waals surface area contributed by atoms with Gasteiger partial charge in [-0.15, -0.1) is 5.10 Å². The Balaban J connectivity index is 2.06. The number of nitrogens with one attached hydrogen (secondary N) is 2. The Bertz CT molecular complexity index is 641. The molecule has 2 rings (SSSR count). The third-order valence-electron chi connectivity index (χ3n) is 2.79. The van der Waals surface area contributed by atoms with Crippen molar-refractivity contribution in [2.75, 3.05) is 6.66 Å². The summed E-state index contributed by atoms with van der Waals surface area (Å²) in [5.41, 5.74) is 3.50. The van der Waals surface area contributed by atoms with E-state index < -0.39 is 13.6 Å². The van der Waals surface area contributed by atoms with Gasteiger partial charge in [-0.25, -0.2) is 9.72 Å². The summed E-state index contributed by atoms with van der Waals surface area (Å²) in [6.07, 6.45) is 0.561. The topological polar surface area (TPSA) is 122 Å². The molecule has 0 amide bonds. The normalized spacial score (nSPS) is 15.3. The number of hydrogen-bond acceptors (Lipinski definition) is 7. The summed E-state index contributed by atoms with van der Waals surface area (Å²) >= 11 is 0. The quantitative estimate of drug-likeness (QED) is 0.489. The van der Waals surface area contributed by atoms with E-state index in [0.29, 0.717) is 12.2 Å². The van der Waals surface area contributed by atoms with Gasteiger partial charge in [-0.1, -0.05) is 12.1 Å². The first kappa shape index (κ1) is 17.6. The minimum absolute atomic E-state index is 0.104. The number of hydroxylamine groups is 1. The lowest BCUT2D eigenvalue weighted by molar-refractivity contribution is 0.131. The molecular weight excluding hydrogens is 321 g/mol. The lowest BCUT2D eigenvalue weighted by atomic mass is 10.1. The number of nitrogens with zero attached hydrogens (tertiary/aromatic N) is 3. The molecule has 0 spiro atoms. The van der Waals surface area contributed by atoms with Gasteiger partial charge in [-0.05, 0) is 48.4 Å². The SMILES string of the molecule is CC(C)Oc1ccc(C[C@H](NOP(C)(=O)O)c2nnn[nH]2)cc1. The maximum Gasteiger partial charge on any atom is 0.341 e. The summed E-state index contributed by atoms with van der Waals surface area (Å²) in [6, 6.07) is 7.04. The number of rotatable bonds is 8. The Morgan fingerprint density at radius 3 is 2.57 bits per heavy atom. The number of H-pyrrole nitrogens is 1. The van der Waals surface area contributed by atoms with Crippen molar-refractivity contribution in [1.82, 2.24) is 26.1 Å². The van der Waals surface area contributed by atoms with Gasteiger partial charge in [0.1, 0.15) is 5.75 Å². The van der Waals surface area contributed by atoms with E-state index in [0.717, 1.165) is 18.0 Å². The van der Waals surface area contributed by atoms with Crippen LogP contribution in [0.2, 0.25) is 0 Å². The standard InChI is InChI=1S/C13H20N5O4P/c1-9(2)21-11-6-4-10(5-7-11)8-12(13-14-17-18-15-13)16-22-23(3,19)20/h4-7,9,12,16H,8H2,1-3H3,(H,19,20)(H,14,15,17,18)/t12-/m0/s1. The summed E-state index contributed by atoms with van der Waals surface area (Å²) in [5.74, 6) is 1.18. The zero-order valence-electron chi connectivity index (χ0n) is 13.1. The van der Waals surface area contributed by atoms with E-state index in [1.165, 1.54) is 0 Å². The average molecular weight is 341 g/mol. The largest absolute Gasteiger partial charge is 0.491 e. The smallest absolute Gasteiger partial charge is 0.341 e. The van der Waals surface area contributed by atoms with E-state index in [1.807, 2.05) is 38.1 Å². The first-order chi connectivity index (χ1) is 10.8. The van der Waals surface area contributed by atoms with E-state index in [9.17, 15) is 9.46 Å². The molecule has 1 unspecified atom stereocenters. The molecule has 0 bridgehead atoms. The summed E-state index contributed by atoms with van der Waals surface area (Å²) in [7, 11) is -3.66. The molecule has 2 aromatic rings. The van der Waals surface area contributed by atoms with Crippen molar-refractivity contribution in [3.8, 4) is 5.75 Å².